The third-order valence-corrected chi connectivity index (χ3v) is 4.35. The molecule has 0 saturated heterocycles. The van der Waals surface area contributed by atoms with Gasteiger partial charge in [0.1, 0.15) is 0 Å². The van der Waals surface area contributed by atoms with Crippen LogP contribution < -0.4 is 5.32 Å². The molecular formula is C19H26N2O. The van der Waals surface area contributed by atoms with Crippen molar-refractivity contribution >= 4 is 11.5 Å². The number of nitrogens with one attached hydrogen (secondary N) is 1. The van der Waals surface area contributed by atoms with E-state index >= 15 is 0 Å². The van der Waals surface area contributed by atoms with Gasteiger partial charge in [-0.2, -0.15) is 0 Å². The van der Waals surface area contributed by atoms with Gasteiger partial charge in [0, 0.05) is 28.7 Å². The Bertz CT molecular complexity index is 696. The fraction of sp³-hybridized carbons (Fsp3) is 0.421. The van der Waals surface area contributed by atoms with E-state index < -0.39 is 0 Å². The maximum absolute atomic E-state index is 12.5. The summed E-state index contributed by atoms with van der Waals surface area (Å²) in [5, 5.41) is 3.28. The summed E-state index contributed by atoms with van der Waals surface area (Å²) in [4.78, 5) is 12.5. The van der Waals surface area contributed by atoms with E-state index in [-0.39, 0.29) is 5.78 Å². The summed E-state index contributed by atoms with van der Waals surface area (Å²) >= 11 is 0. The van der Waals surface area contributed by atoms with Crippen LogP contribution in [0.4, 0.5) is 5.69 Å². The van der Waals surface area contributed by atoms with E-state index in [0.717, 1.165) is 22.6 Å². The van der Waals surface area contributed by atoms with Crippen LogP contribution in [-0.4, -0.2) is 16.9 Å². The Labute approximate surface area is 133 Å². The molecule has 3 heteroatoms. The number of aryl methyl sites for hydroxylation is 2. The van der Waals surface area contributed by atoms with Crippen LogP contribution in [0.2, 0.25) is 0 Å². The molecule has 3 nitrogen and oxygen atoms in total. The highest BCUT2D eigenvalue weighted by Gasteiger charge is 2.17. The first-order valence-corrected chi connectivity index (χ1v) is 7.84. The maximum atomic E-state index is 12.5. The van der Waals surface area contributed by atoms with Crippen molar-refractivity contribution in [1.82, 2.24) is 4.57 Å². The molecular weight excluding hydrogens is 272 g/mol. The molecule has 1 aromatic heterocycles. The van der Waals surface area contributed by atoms with Gasteiger partial charge in [0.25, 0.3) is 0 Å². The Kier molecular flexibility index (Phi) is 4.74. The number of aromatic nitrogens is 1. The quantitative estimate of drug-likeness (QED) is 0.819. The van der Waals surface area contributed by atoms with Gasteiger partial charge in [-0.15, -0.1) is 0 Å². The second-order valence-electron chi connectivity index (χ2n) is 6.27. The van der Waals surface area contributed by atoms with Crippen LogP contribution in [0.1, 0.15) is 52.8 Å². The van der Waals surface area contributed by atoms with E-state index in [0.29, 0.717) is 12.6 Å². The van der Waals surface area contributed by atoms with Crippen LogP contribution in [0, 0.1) is 27.7 Å². The third kappa shape index (κ3) is 3.08. The molecule has 118 valence electrons. The van der Waals surface area contributed by atoms with Crippen LogP contribution in [0.25, 0.3) is 0 Å². The average molecular weight is 298 g/mol. The minimum Gasteiger partial charge on any atom is -0.377 e. The molecule has 0 aliphatic rings. The highest BCUT2D eigenvalue weighted by atomic mass is 16.1. The monoisotopic (exact) mass is 298 g/mol. The number of hydrogen-bond acceptors (Lipinski definition) is 2. The largest absolute Gasteiger partial charge is 0.377 e. The van der Waals surface area contributed by atoms with Crippen molar-refractivity contribution < 1.29 is 4.79 Å². The van der Waals surface area contributed by atoms with Gasteiger partial charge < -0.3 is 9.88 Å². The van der Waals surface area contributed by atoms with Crippen LogP contribution in [0.5, 0.6) is 0 Å². The lowest BCUT2D eigenvalue weighted by Gasteiger charge is -2.14. The molecule has 0 radical (unpaired) electrons. The van der Waals surface area contributed by atoms with Gasteiger partial charge in [0.2, 0.25) is 0 Å². The molecule has 0 spiro atoms. The van der Waals surface area contributed by atoms with Crippen molar-refractivity contribution in [1.29, 1.82) is 0 Å². The first kappa shape index (κ1) is 16.3. The second-order valence-corrected chi connectivity index (χ2v) is 6.27. The number of anilines is 1. The molecule has 2 rings (SSSR count). The average Bonchev–Trinajstić information content (AvgIpc) is 2.75. The number of rotatable bonds is 5. The summed E-state index contributed by atoms with van der Waals surface area (Å²) < 4.78 is 2.21. The first-order valence-electron chi connectivity index (χ1n) is 7.84. The highest BCUT2D eigenvalue weighted by molar-refractivity contribution is 6.00. The Balaban J connectivity index is 2.17. The molecule has 2 aromatic rings. The number of carbonyl (C=O) groups excluding carboxylic acids is 1. The zero-order valence-corrected chi connectivity index (χ0v) is 14.4. The smallest absolute Gasteiger partial charge is 0.183 e. The number of hydrogen-bond donors (Lipinski definition) is 1. The summed E-state index contributed by atoms with van der Waals surface area (Å²) in [6.07, 6.45) is 0. The lowest BCUT2D eigenvalue weighted by Crippen LogP contribution is -2.16. The molecule has 0 unspecified atom stereocenters. The lowest BCUT2D eigenvalue weighted by atomic mass is 10.1. The Morgan fingerprint density at radius 2 is 1.86 bits per heavy atom. The van der Waals surface area contributed by atoms with E-state index in [1.807, 2.05) is 25.1 Å². The van der Waals surface area contributed by atoms with E-state index in [9.17, 15) is 4.79 Å². The summed E-state index contributed by atoms with van der Waals surface area (Å²) in [7, 11) is 0. The molecule has 1 heterocycles. The van der Waals surface area contributed by atoms with Gasteiger partial charge in [0.05, 0.1) is 6.54 Å². The number of ketones is 1. The predicted octanol–water partition coefficient (Wildman–Crippen LogP) is 4.60. The molecule has 0 aliphatic heterocycles. The van der Waals surface area contributed by atoms with Crippen LogP contribution in [-0.2, 0) is 0 Å². The summed E-state index contributed by atoms with van der Waals surface area (Å²) in [6, 6.07) is 8.49. The minimum absolute atomic E-state index is 0.140. The van der Waals surface area contributed by atoms with Crippen molar-refractivity contribution in [2.75, 3.05) is 11.9 Å². The van der Waals surface area contributed by atoms with Gasteiger partial charge in [-0.25, -0.2) is 0 Å². The van der Waals surface area contributed by atoms with Crippen molar-refractivity contribution in [3.8, 4) is 0 Å². The third-order valence-electron chi connectivity index (χ3n) is 4.35. The summed E-state index contributed by atoms with van der Waals surface area (Å²) in [5.41, 5.74) is 6.48. The van der Waals surface area contributed by atoms with Crippen molar-refractivity contribution in [2.24, 2.45) is 0 Å². The zero-order valence-electron chi connectivity index (χ0n) is 14.4. The molecule has 0 bridgehead atoms. The molecule has 0 amide bonds. The van der Waals surface area contributed by atoms with Crippen LogP contribution in [0.3, 0.4) is 0 Å². The molecule has 0 saturated carbocycles. The number of Topliss-reactive ketones (excluding diaryl/α,β-unsaturated/α-hetero) is 1. The Morgan fingerprint density at radius 3 is 2.45 bits per heavy atom. The van der Waals surface area contributed by atoms with E-state index in [2.05, 4.69) is 50.6 Å². The molecule has 0 aliphatic carbocycles. The zero-order chi connectivity index (χ0) is 16.4. The summed E-state index contributed by atoms with van der Waals surface area (Å²) in [6.45, 7) is 12.9. The van der Waals surface area contributed by atoms with Gasteiger partial charge in [-0.1, -0.05) is 12.1 Å². The van der Waals surface area contributed by atoms with E-state index in [4.69, 9.17) is 0 Å². The fourth-order valence-electron chi connectivity index (χ4n) is 3.07. The van der Waals surface area contributed by atoms with Gasteiger partial charge in [-0.05, 0) is 64.8 Å². The van der Waals surface area contributed by atoms with E-state index in [1.165, 1.54) is 11.1 Å². The minimum atomic E-state index is 0.140. The number of benzene rings is 1. The first-order chi connectivity index (χ1) is 10.3. The fourth-order valence-corrected chi connectivity index (χ4v) is 3.07. The normalized spacial score (nSPS) is 11.0. The van der Waals surface area contributed by atoms with Crippen LogP contribution >= 0.6 is 0 Å². The van der Waals surface area contributed by atoms with Crippen molar-refractivity contribution in [3.05, 3.63) is 52.3 Å². The second kappa shape index (κ2) is 6.39. The van der Waals surface area contributed by atoms with Gasteiger partial charge >= 0.3 is 0 Å². The van der Waals surface area contributed by atoms with Crippen LogP contribution in [0.15, 0.2) is 24.3 Å². The van der Waals surface area contributed by atoms with Crippen molar-refractivity contribution in [3.63, 3.8) is 0 Å². The Hall–Kier alpha value is -2.03. The predicted molar refractivity (Wildman–Crippen MR) is 93.0 cm³/mol. The molecule has 1 N–H and O–H groups in total. The topological polar surface area (TPSA) is 34.0 Å². The summed E-state index contributed by atoms with van der Waals surface area (Å²) in [5.74, 6) is 0.140. The molecule has 0 atom stereocenters. The van der Waals surface area contributed by atoms with Gasteiger partial charge in [-0.3, -0.25) is 4.79 Å². The SMILES string of the molecule is Cc1cccc(NCC(=O)c2cc(C)n(C(C)C)c2C)c1C. The van der Waals surface area contributed by atoms with E-state index in [1.54, 1.807) is 0 Å². The maximum Gasteiger partial charge on any atom is 0.183 e. The number of nitrogens with zero attached hydrogens (tertiary/aromatic N) is 1. The van der Waals surface area contributed by atoms with Gasteiger partial charge in [0.15, 0.2) is 5.78 Å². The lowest BCUT2D eigenvalue weighted by molar-refractivity contribution is 0.101. The molecule has 1 aromatic carbocycles. The molecule has 22 heavy (non-hydrogen) atoms. The number of carbonyl (C=O) groups is 1. The molecule has 0 fully saturated rings. The van der Waals surface area contributed by atoms with Crippen molar-refractivity contribution in [2.45, 2.75) is 47.6 Å². The highest BCUT2D eigenvalue weighted by Crippen LogP contribution is 2.22. The standard InChI is InChI=1S/C19H26N2O/c1-12(2)21-14(4)10-17(16(21)6)19(22)11-20-18-9-7-8-13(3)15(18)5/h7-10,12,20H,11H2,1-6H3. The Morgan fingerprint density at radius 1 is 1.18 bits per heavy atom.